The van der Waals surface area contributed by atoms with Crippen LogP contribution in [-0.4, -0.2) is 54.0 Å². The lowest BCUT2D eigenvalue weighted by molar-refractivity contribution is -0.137. The van der Waals surface area contributed by atoms with Crippen LogP contribution in [0.1, 0.15) is 62.5 Å². The van der Waals surface area contributed by atoms with Crippen molar-refractivity contribution in [3.05, 3.63) is 35.4 Å². The molecule has 7 heteroatoms. The molecule has 172 valence electrons. The van der Waals surface area contributed by atoms with E-state index in [0.717, 1.165) is 25.5 Å². The summed E-state index contributed by atoms with van der Waals surface area (Å²) in [5.74, 6) is 0.854. The van der Waals surface area contributed by atoms with Crippen molar-refractivity contribution in [3.63, 3.8) is 0 Å². The van der Waals surface area contributed by atoms with E-state index in [4.69, 9.17) is 0 Å². The molecule has 4 nitrogen and oxygen atoms in total. The van der Waals surface area contributed by atoms with Crippen LogP contribution in [0.3, 0.4) is 0 Å². The Morgan fingerprint density at radius 3 is 2.74 bits per heavy atom. The van der Waals surface area contributed by atoms with Crippen LogP contribution in [0.5, 0.6) is 0 Å². The topological polar surface area (TPSA) is 35.6 Å². The van der Waals surface area contributed by atoms with Crippen LogP contribution in [-0.2, 0) is 17.5 Å². The fourth-order valence-corrected chi connectivity index (χ4v) is 5.75. The SMILES string of the molecule is O=C1CCC(CCNCc2cccc(C(F)(F)F)c2)N1C[C@@H]1CCCN2CCCC[C@H]12. The number of hydrogen-bond donors (Lipinski definition) is 1. The van der Waals surface area contributed by atoms with E-state index >= 15 is 0 Å². The van der Waals surface area contributed by atoms with Crippen molar-refractivity contribution in [2.24, 2.45) is 5.92 Å². The number of piperidine rings is 2. The number of carbonyl (C=O) groups is 1. The number of rotatable bonds is 7. The highest BCUT2D eigenvalue weighted by atomic mass is 19.4. The van der Waals surface area contributed by atoms with Gasteiger partial charge in [0, 0.05) is 31.6 Å². The van der Waals surface area contributed by atoms with E-state index in [2.05, 4.69) is 15.1 Å². The van der Waals surface area contributed by atoms with Crippen LogP contribution in [0.4, 0.5) is 13.2 Å². The van der Waals surface area contributed by atoms with Gasteiger partial charge in [0.2, 0.25) is 5.91 Å². The Kier molecular flexibility index (Phi) is 7.22. The fourth-order valence-electron chi connectivity index (χ4n) is 5.75. The molecule has 1 amide bonds. The van der Waals surface area contributed by atoms with Gasteiger partial charge in [-0.05, 0) is 75.7 Å². The monoisotopic (exact) mass is 437 g/mol. The number of benzene rings is 1. The quantitative estimate of drug-likeness (QED) is 0.641. The number of halogens is 3. The smallest absolute Gasteiger partial charge is 0.339 e. The highest BCUT2D eigenvalue weighted by molar-refractivity contribution is 5.78. The van der Waals surface area contributed by atoms with Gasteiger partial charge in [0.1, 0.15) is 0 Å². The van der Waals surface area contributed by atoms with Crippen molar-refractivity contribution in [1.82, 2.24) is 15.1 Å². The van der Waals surface area contributed by atoms with Crippen molar-refractivity contribution in [2.45, 2.75) is 76.2 Å². The average molecular weight is 438 g/mol. The average Bonchev–Trinajstić information content (AvgIpc) is 3.10. The number of alkyl halides is 3. The molecule has 31 heavy (non-hydrogen) atoms. The molecule has 3 fully saturated rings. The van der Waals surface area contributed by atoms with Crippen LogP contribution in [0, 0.1) is 5.92 Å². The fraction of sp³-hybridized carbons (Fsp3) is 0.708. The van der Waals surface area contributed by atoms with Gasteiger partial charge in [0.25, 0.3) is 0 Å². The molecule has 3 aliphatic rings. The van der Waals surface area contributed by atoms with Gasteiger partial charge in [0.05, 0.1) is 5.56 Å². The molecular formula is C24H34F3N3O. The molecule has 3 aliphatic heterocycles. The maximum absolute atomic E-state index is 12.9. The van der Waals surface area contributed by atoms with Gasteiger partial charge < -0.3 is 15.1 Å². The molecule has 0 saturated carbocycles. The zero-order valence-corrected chi connectivity index (χ0v) is 18.2. The summed E-state index contributed by atoms with van der Waals surface area (Å²) in [4.78, 5) is 17.4. The second-order valence-electron chi connectivity index (χ2n) is 9.40. The van der Waals surface area contributed by atoms with E-state index < -0.39 is 11.7 Å². The Hall–Kier alpha value is -1.60. The zero-order valence-electron chi connectivity index (χ0n) is 18.2. The first-order valence-electron chi connectivity index (χ1n) is 11.8. The van der Waals surface area contributed by atoms with E-state index in [1.807, 2.05) is 0 Å². The van der Waals surface area contributed by atoms with Crippen molar-refractivity contribution in [2.75, 3.05) is 26.2 Å². The maximum Gasteiger partial charge on any atom is 0.416 e. The molecule has 0 spiro atoms. The Bertz CT molecular complexity index is 752. The number of nitrogens with zero attached hydrogens (tertiary/aromatic N) is 2. The van der Waals surface area contributed by atoms with Crippen LogP contribution < -0.4 is 5.32 Å². The Morgan fingerprint density at radius 1 is 1.06 bits per heavy atom. The van der Waals surface area contributed by atoms with Gasteiger partial charge in [0.15, 0.2) is 0 Å². The third-order valence-electron chi connectivity index (χ3n) is 7.35. The summed E-state index contributed by atoms with van der Waals surface area (Å²) in [5.41, 5.74) is 0.0254. The molecule has 3 saturated heterocycles. The molecule has 0 aliphatic carbocycles. The van der Waals surface area contributed by atoms with Crippen molar-refractivity contribution in [1.29, 1.82) is 0 Å². The van der Waals surface area contributed by atoms with Crippen LogP contribution >= 0.6 is 0 Å². The number of hydrogen-bond acceptors (Lipinski definition) is 3. The minimum absolute atomic E-state index is 0.250. The molecule has 3 heterocycles. The van der Waals surface area contributed by atoms with Crippen LogP contribution in [0.25, 0.3) is 0 Å². The molecule has 1 N–H and O–H groups in total. The second kappa shape index (κ2) is 9.90. The summed E-state index contributed by atoms with van der Waals surface area (Å²) >= 11 is 0. The summed E-state index contributed by atoms with van der Waals surface area (Å²) in [6.07, 6.45) is 4.36. The molecule has 1 aromatic rings. The number of fused-ring (bicyclic) bond motifs is 1. The summed E-state index contributed by atoms with van der Waals surface area (Å²) in [6.45, 7) is 4.39. The first kappa shape index (κ1) is 22.6. The number of likely N-dealkylation sites (tertiary alicyclic amines) is 1. The van der Waals surface area contributed by atoms with Gasteiger partial charge in [-0.3, -0.25) is 4.79 Å². The minimum Gasteiger partial charge on any atom is -0.339 e. The van der Waals surface area contributed by atoms with E-state index in [-0.39, 0.29) is 11.9 Å². The highest BCUT2D eigenvalue weighted by Crippen LogP contribution is 2.34. The highest BCUT2D eigenvalue weighted by Gasteiger charge is 2.38. The standard InChI is InChI=1S/C24H34F3N3O/c25-24(26,27)20-7-3-5-18(15-20)16-28-12-11-21-9-10-23(31)30(21)17-19-6-4-14-29-13-2-1-8-22(19)29/h3,5,7,15,19,21-22,28H,1-2,4,6,8-14,16-17H2/t19-,21?,22+/m0/s1. The van der Waals surface area contributed by atoms with Crippen molar-refractivity contribution >= 4 is 5.91 Å². The lowest BCUT2D eigenvalue weighted by atomic mass is 9.83. The molecule has 1 aromatic carbocycles. The van der Waals surface area contributed by atoms with Crippen molar-refractivity contribution < 1.29 is 18.0 Å². The second-order valence-corrected chi connectivity index (χ2v) is 9.40. The van der Waals surface area contributed by atoms with Gasteiger partial charge >= 0.3 is 6.18 Å². The normalized spacial score (nSPS) is 27.5. The molecule has 1 unspecified atom stereocenters. The van der Waals surface area contributed by atoms with Gasteiger partial charge in [-0.2, -0.15) is 13.2 Å². The Balaban J connectivity index is 1.27. The third-order valence-corrected chi connectivity index (χ3v) is 7.35. The number of carbonyl (C=O) groups excluding carboxylic acids is 1. The summed E-state index contributed by atoms with van der Waals surface area (Å²) in [5, 5.41) is 3.28. The largest absolute Gasteiger partial charge is 0.416 e. The van der Waals surface area contributed by atoms with Crippen LogP contribution in [0.2, 0.25) is 0 Å². The Morgan fingerprint density at radius 2 is 1.90 bits per heavy atom. The summed E-state index contributed by atoms with van der Waals surface area (Å²) in [6, 6.07) is 6.36. The van der Waals surface area contributed by atoms with E-state index in [9.17, 15) is 18.0 Å². The third kappa shape index (κ3) is 5.61. The predicted molar refractivity (Wildman–Crippen MR) is 114 cm³/mol. The van der Waals surface area contributed by atoms with Gasteiger partial charge in [-0.25, -0.2) is 0 Å². The number of nitrogens with one attached hydrogen (secondary N) is 1. The molecule has 3 atom stereocenters. The zero-order chi connectivity index (χ0) is 21.8. The van der Waals surface area contributed by atoms with E-state index in [0.29, 0.717) is 37.0 Å². The van der Waals surface area contributed by atoms with Gasteiger partial charge in [-0.15, -0.1) is 0 Å². The lowest BCUT2D eigenvalue weighted by Gasteiger charge is -2.46. The Labute approximate surface area is 183 Å². The molecular weight excluding hydrogens is 403 g/mol. The molecule has 0 radical (unpaired) electrons. The van der Waals surface area contributed by atoms with E-state index in [1.165, 1.54) is 57.3 Å². The molecule has 0 aromatic heterocycles. The van der Waals surface area contributed by atoms with Gasteiger partial charge in [-0.1, -0.05) is 24.6 Å². The van der Waals surface area contributed by atoms with Crippen LogP contribution in [0.15, 0.2) is 24.3 Å². The van der Waals surface area contributed by atoms with Crippen molar-refractivity contribution in [3.8, 4) is 0 Å². The lowest BCUT2D eigenvalue weighted by Crippen LogP contribution is -2.52. The minimum atomic E-state index is -4.31. The predicted octanol–water partition coefficient (Wildman–Crippen LogP) is 4.44. The van der Waals surface area contributed by atoms with E-state index in [1.54, 1.807) is 6.07 Å². The molecule has 4 rings (SSSR count). The first-order valence-corrected chi connectivity index (χ1v) is 11.8. The molecule has 0 bridgehead atoms. The number of amides is 1. The first-order chi connectivity index (χ1) is 14.9. The maximum atomic E-state index is 12.9. The summed E-state index contributed by atoms with van der Waals surface area (Å²) in [7, 11) is 0. The summed E-state index contributed by atoms with van der Waals surface area (Å²) < 4.78 is 38.6.